The van der Waals surface area contributed by atoms with Crippen LogP contribution in [-0.2, 0) is 0 Å². The third kappa shape index (κ3) is 2.81. The van der Waals surface area contributed by atoms with Crippen LogP contribution in [0.5, 0.6) is 11.5 Å². The fourth-order valence-electron chi connectivity index (χ4n) is 1.40. The molecule has 0 aliphatic carbocycles. The fourth-order valence-corrected chi connectivity index (χ4v) is 1.52. The Morgan fingerprint density at radius 2 is 2.00 bits per heavy atom. The highest BCUT2D eigenvalue weighted by atomic mass is 32.1. The quantitative estimate of drug-likeness (QED) is 0.864. The minimum atomic E-state index is -0.260. The van der Waals surface area contributed by atoms with Gasteiger partial charge in [-0.25, -0.2) is 9.37 Å². The van der Waals surface area contributed by atoms with Crippen molar-refractivity contribution in [2.45, 2.75) is 6.92 Å². The molecule has 18 heavy (non-hydrogen) atoms. The second-order valence-corrected chi connectivity index (χ2v) is 4.20. The summed E-state index contributed by atoms with van der Waals surface area (Å²) in [7, 11) is 0. The average Bonchev–Trinajstić information content (AvgIpc) is 2.34. The van der Waals surface area contributed by atoms with E-state index in [2.05, 4.69) is 4.98 Å². The highest BCUT2D eigenvalue weighted by Crippen LogP contribution is 2.22. The van der Waals surface area contributed by atoms with Crippen LogP contribution in [0.4, 0.5) is 4.39 Å². The first kappa shape index (κ1) is 12.4. The van der Waals surface area contributed by atoms with Crippen molar-refractivity contribution in [2.75, 3.05) is 0 Å². The van der Waals surface area contributed by atoms with Gasteiger partial charge in [0.05, 0.1) is 11.9 Å². The van der Waals surface area contributed by atoms with Gasteiger partial charge in [0.15, 0.2) is 0 Å². The molecule has 0 aliphatic heterocycles. The normalized spacial score (nSPS) is 10.1. The molecule has 0 aliphatic rings. The van der Waals surface area contributed by atoms with E-state index < -0.39 is 0 Å². The van der Waals surface area contributed by atoms with Gasteiger partial charge in [-0.1, -0.05) is 12.2 Å². The van der Waals surface area contributed by atoms with Crippen LogP contribution >= 0.6 is 12.2 Å². The van der Waals surface area contributed by atoms with Crippen molar-refractivity contribution in [1.29, 1.82) is 0 Å². The summed E-state index contributed by atoms with van der Waals surface area (Å²) in [5, 5.41) is 0. The van der Waals surface area contributed by atoms with Gasteiger partial charge < -0.3 is 10.5 Å². The number of benzene rings is 1. The van der Waals surface area contributed by atoms with Gasteiger partial charge in [0.25, 0.3) is 0 Å². The Hall–Kier alpha value is -2.01. The second-order valence-electron chi connectivity index (χ2n) is 3.76. The predicted octanol–water partition coefficient (Wildman–Crippen LogP) is 2.96. The third-order valence-electron chi connectivity index (χ3n) is 2.35. The Morgan fingerprint density at radius 3 is 2.56 bits per heavy atom. The molecule has 5 heteroatoms. The standard InChI is InChI=1S/C13H11FN2OS/c1-8-6-9(2-4-11(8)14)17-10-3-5-12(13(15)18)16-7-10/h2-7H,1H3,(H2,15,18). The van der Waals surface area contributed by atoms with Crippen molar-refractivity contribution in [3.63, 3.8) is 0 Å². The largest absolute Gasteiger partial charge is 0.456 e. The van der Waals surface area contributed by atoms with Gasteiger partial charge in [-0.3, -0.25) is 0 Å². The number of aryl methyl sites for hydroxylation is 1. The Morgan fingerprint density at radius 1 is 1.28 bits per heavy atom. The minimum absolute atomic E-state index is 0.235. The van der Waals surface area contributed by atoms with Crippen molar-refractivity contribution in [1.82, 2.24) is 4.98 Å². The highest BCUT2D eigenvalue weighted by Gasteiger charge is 2.03. The molecule has 0 saturated heterocycles. The lowest BCUT2D eigenvalue weighted by Crippen LogP contribution is -2.10. The molecular weight excluding hydrogens is 251 g/mol. The molecule has 0 spiro atoms. The number of nitrogens with two attached hydrogens (primary N) is 1. The molecule has 0 radical (unpaired) electrons. The van der Waals surface area contributed by atoms with Gasteiger partial charge in [0.2, 0.25) is 0 Å². The van der Waals surface area contributed by atoms with Crippen molar-refractivity contribution >= 4 is 17.2 Å². The number of hydrogen-bond acceptors (Lipinski definition) is 3. The first-order valence-electron chi connectivity index (χ1n) is 5.26. The molecule has 3 nitrogen and oxygen atoms in total. The molecular formula is C13H11FN2OS. The van der Waals surface area contributed by atoms with Crippen molar-refractivity contribution in [3.05, 3.63) is 53.6 Å². The summed E-state index contributed by atoms with van der Waals surface area (Å²) in [6, 6.07) is 7.93. The number of rotatable bonds is 3. The molecule has 0 unspecified atom stereocenters. The van der Waals surface area contributed by atoms with E-state index in [4.69, 9.17) is 22.7 Å². The van der Waals surface area contributed by atoms with Crippen LogP contribution in [0.1, 0.15) is 11.3 Å². The number of halogens is 1. The number of hydrogen-bond donors (Lipinski definition) is 1. The summed E-state index contributed by atoms with van der Waals surface area (Å²) in [5.74, 6) is 0.837. The van der Waals surface area contributed by atoms with Crippen molar-refractivity contribution < 1.29 is 9.13 Å². The summed E-state index contributed by atoms with van der Waals surface area (Å²) in [6.07, 6.45) is 1.52. The minimum Gasteiger partial charge on any atom is -0.456 e. The first-order chi connectivity index (χ1) is 8.56. The van der Waals surface area contributed by atoms with Gasteiger partial charge >= 0.3 is 0 Å². The van der Waals surface area contributed by atoms with Crippen molar-refractivity contribution in [3.8, 4) is 11.5 Å². The molecule has 1 aromatic carbocycles. The zero-order valence-electron chi connectivity index (χ0n) is 9.68. The van der Waals surface area contributed by atoms with Gasteiger partial charge in [-0.05, 0) is 42.8 Å². The van der Waals surface area contributed by atoms with E-state index in [1.165, 1.54) is 12.3 Å². The van der Waals surface area contributed by atoms with Gasteiger partial charge in [0, 0.05) is 0 Å². The molecule has 2 rings (SSSR count). The van der Waals surface area contributed by atoms with E-state index in [-0.39, 0.29) is 10.8 Å². The van der Waals surface area contributed by atoms with E-state index in [0.29, 0.717) is 22.8 Å². The Bertz CT molecular complexity index is 584. The van der Waals surface area contributed by atoms with Crippen LogP contribution in [0, 0.1) is 12.7 Å². The number of thiocarbonyl (C=S) groups is 1. The molecule has 0 saturated carbocycles. The van der Waals surface area contributed by atoms with E-state index in [1.54, 1.807) is 31.2 Å². The topological polar surface area (TPSA) is 48.1 Å². The average molecular weight is 262 g/mol. The maximum Gasteiger partial charge on any atom is 0.145 e. The summed E-state index contributed by atoms with van der Waals surface area (Å²) in [6.45, 7) is 1.68. The lowest BCUT2D eigenvalue weighted by atomic mass is 10.2. The van der Waals surface area contributed by atoms with Crippen LogP contribution in [-0.4, -0.2) is 9.97 Å². The molecule has 2 N–H and O–H groups in total. The Kier molecular flexibility index (Phi) is 3.53. The molecule has 0 fully saturated rings. The van der Waals surface area contributed by atoms with Gasteiger partial charge in [0.1, 0.15) is 22.3 Å². The van der Waals surface area contributed by atoms with E-state index in [0.717, 1.165) is 0 Å². The maximum absolute atomic E-state index is 13.1. The summed E-state index contributed by atoms with van der Waals surface area (Å²) < 4.78 is 18.6. The smallest absolute Gasteiger partial charge is 0.145 e. The lowest BCUT2D eigenvalue weighted by molar-refractivity contribution is 0.477. The van der Waals surface area contributed by atoms with Crippen LogP contribution in [0.3, 0.4) is 0 Å². The molecule has 1 aromatic heterocycles. The van der Waals surface area contributed by atoms with Crippen molar-refractivity contribution in [2.24, 2.45) is 5.73 Å². The number of nitrogens with zero attached hydrogens (tertiary/aromatic N) is 1. The Balaban J connectivity index is 2.18. The zero-order valence-corrected chi connectivity index (χ0v) is 10.5. The molecule has 0 atom stereocenters. The summed E-state index contributed by atoms with van der Waals surface area (Å²) in [5.41, 5.74) is 6.50. The number of ether oxygens (including phenoxy) is 1. The van der Waals surface area contributed by atoms with Gasteiger partial charge in [-0.15, -0.1) is 0 Å². The first-order valence-corrected chi connectivity index (χ1v) is 5.67. The monoisotopic (exact) mass is 262 g/mol. The molecule has 1 heterocycles. The number of aromatic nitrogens is 1. The zero-order chi connectivity index (χ0) is 13.1. The molecule has 2 aromatic rings. The summed E-state index contributed by atoms with van der Waals surface area (Å²) in [4.78, 5) is 4.28. The van der Waals surface area contributed by atoms with Gasteiger partial charge in [-0.2, -0.15) is 0 Å². The van der Waals surface area contributed by atoms with Crippen LogP contribution in [0.25, 0.3) is 0 Å². The third-order valence-corrected chi connectivity index (χ3v) is 2.56. The summed E-state index contributed by atoms with van der Waals surface area (Å²) >= 11 is 4.80. The van der Waals surface area contributed by atoms with E-state index in [1.807, 2.05) is 0 Å². The fraction of sp³-hybridized carbons (Fsp3) is 0.0769. The Labute approximate surface area is 109 Å². The van der Waals surface area contributed by atoms with E-state index in [9.17, 15) is 4.39 Å². The second kappa shape index (κ2) is 5.10. The van der Waals surface area contributed by atoms with Crippen LogP contribution in [0.2, 0.25) is 0 Å². The molecule has 0 amide bonds. The number of pyridine rings is 1. The van der Waals surface area contributed by atoms with Crippen LogP contribution in [0.15, 0.2) is 36.5 Å². The predicted molar refractivity (Wildman–Crippen MR) is 71.3 cm³/mol. The maximum atomic E-state index is 13.1. The highest BCUT2D eigenvalue weighted by molar-refractivity contribution is 7.80. The molecule has 92 valence electrons. The SMILES string of the molecule is Cc1cc(Oc2ccc(C(N)=S)nc2)ccc1F. The van der Waals surface area contributed by atoms with E-state index >= 15 is 0 Å². The van der Waals surface area contributed by atoms with Crippen LogP contribution < -0.4 is 10.5 Å². The lowest BCUT2D eigenvalue weighted by Gasteiger charge is -2.07. The molecule has 0 bridgehead atoms.